The Balaban J connectivity index is 1.88. The summed E-state index contributed by atoms with van der Waals surface area (Å²) in [5, 5.41) is 4.91. The van der Waals surface area contributed by atoms with E-state index >= 15 is 0 Å². The Labute approximate surface area is 170 Å². The van der Waals surface area contributed by atoms with Crippen molar-refractivity contribution < 1.29 is 9.59 Å². The molecular weight excluding hydrogens is 396 g/mol. The maximum Gasteiger partial charge on any atom is 0.291 e. The Hall–Kier alpha value is -2.65. The first kappa shape index (κ1) is 20.1. The van der Waals surface area contributed by atoms with Crippen molar-refractivity contribution in [3.8, 4) is 0 Å². The Kier molecular flexibility index (Phi) is 6.48. The number of nitrogens with zero attached hydrogens (tertiary/aromatic N) is 2. The van der Waals surface area contributed by atoms with Gasteiger partial charge in [-0.1, -0.05) is 36.9 Å². The lowest BCUT2D eigenvalue weighted by Gasteiger charge is -2.14. The number of thioether (sulfide) groups is 1. The molecule has 0 aliphatic heterocycles. The van der Waals surface area contributed by atoms with Gasteiger partial charge >= 0.3 is 0 Å². The minimum absolute atomic E-state index is 0.0698. The molecule has 1 atom stereocenters. The maximum atomic E-state index is 12.9. The summed E-state index contributed by atoms with van der Waals surface area (Å²) >= 11 is 2.37. The molecule has 3 rings (SSSR count). The quantitative estimate of drug-likeness (QED) is 0.456. The van der Waals surface area contributed by atoms with Gasteiger partial charge in [0.1, 0.15) is 4.70 Å². The summed E-state index contributed by atoms with van der Waals surface area (Å²) in [6.07, 6.45) is 0.827. The van der Waals surface area contributed by atoms with Crippen molar-refractivity contribution in [1.29, 1.82) is 0 Å². The number of carbonyl (C=O) groups is 2. The van der Waals surface area contributed by atoms with E-state index in [9.17, 15) is 14.4 Å². The normalized spacial score (nSPS) is 11.9. The number of fused-ring (bicyclic) bond motifs is 1. The second-order valence-electron chi connectivity index (χ2n) is 6.14. The fourth-order valence-corrected chi connectivity index (χ4v) is 3.92. The molecule has 2 amide bonds. The van der Waals surface area contributed by atoms with Gasteiger partial charge in [-0.2, -0.15) is 4.68 Å². The molecule has 2 N–H and O–H groups in total. The third kappa shape index (κ3) is 4.60. The van der Waals surface area contributed by atoms with Crippen molar-refractivity contribution in [2.24, 2.45) is 0 Å². The first-order valence-electron chi connectivity index (χ1n) is 8.78. The summed E-state index contributed by atoms with van der Waals surface area (Å²) in [4.78, 5) is 41.9. The van der Waals surface area contributed by atoms with E-state index in [0.29, 0.717) is 15.8 Å². The molecule has 146 valence electrons. The Bertz CT molecular complexity index is 1050. The number of benzene rings is 1. The van der Waals surface area contributed by atoms with Crippen LogP contribution in [-0.2, 0) is 4.79 Å². The number of hydrogen-bond donors (Lipinski definition) is 2. The minimum atomic E-state index is -0.425. The summed E-state index contributed by atoms with van der Waals surface area (Å²) in [6.45, 7) is 3.91. The van der Waals surface area contributed by atoms with Crippen molar-refractivity contribution in [2.45, 2.75) is 31.5 Å². The number of hydrogen-bond acceptors (Lipinski definition) is 6. The van der Waals surface area contributed by atoms with Crippen molar-refractivity contribution in [3.05, 3.63) is 57.7 Å². The molecule has 0 aliphatic rings. The van der Waals surface area contributed by atoms with Crippen LogP contribution in [-0.4, -0.2) is 33.3 Å². The molecule has 9 heteroatoms. The molecular formula is C19H20N4O3S2. The lowest BCUT2D eigenvalue weighted by Crippen LogP contribution is -2.36. The largest absolute Gasteiger partial charge is 0.353 e. The van der Waals surface area contributed by atoms with Crippen LogP contribution in [0.1, 0.15) is 30.6 Å². The highest BCUT2D eigenvalue weighted by atomic mass is 32.2. The number of nitrogens with one attached hydrogen (secondary N) is 2. The van der Waals surface area contributed by atoms with Gasteiger partial charge in [0.2, 0.25) is 5.91 Å². The fraction of sp³-hybridized carbons (Fsp3) is 0.263. The van der Waals surface area contributed by atoms with Crippen LogP contribution in [0.3, 0.4) is 0 Å². The lowest BCUT2D eigenvalue weighted by molar-refractivity contribution is -0.119. The van der Waals surface area contributed by atoms with Gasteiger partial charge in [-0.15, -0.1) is 11.3 Å². The van der Waals surface area contributed by atoms with Crippen LogP contribution >= 0.6 is 23.1 Å². The molecule has 0 saturated heterocycles. The van der Waals surface area contributed by atoms with E-state index < -0.39 is 5.91 Å². The highest BCUT2D eigenvalue weighted by Crippen LogP contribution is 2.20. The van der Waals surface area contributed by atoms with E-state index in [1.54, 1.807) is 41.8 Å². The van der Waals surface area contributed by atoms with Gasteiger partial charge in [0.05, 0.1) is 11.3 Å². The van der Waals surface area contributed by atoms with Gasteiger partial charge < -0.3 is 5.32 Å². The average molecular weight is 417 g/mol. The minimum Gasteiger partial charge on any atom is -0.353 e. The van der Waals surface area contributed by atoms with Crippen molar-refractivity contribution in [2.75, 3.05) is 11.2 Å². The van der Waals surface area contributed by atoms with Gasteiger partial charge in [-0.25, -0.2) is 4.98 Å². The predicted octanol–water partition coefficient (Wildman–Crippen LogP) is 2.85. The molecule has 0 fully saturated rings. The third-order valence-electron chi connectivity index (χ3n) is 4.05. The second kappa shape index (κ2) is 9.03. The zero-order valence-corrected chi connectivity index (χ0v) is 17.1. The topological polar surface area (TPSA) is 93.1 Å². The maximum absolute atomic E-state index is 12.9. The Morgan fingerprint density at radius 3 is 2.71 bits per heavy atom. The lowest BCUT2D eigenvalue weighted by atomic mass is 10.2. The predicted molar refractivity (Wildman–Crippen MR) is 113 cm³/mol. The van der Waals surface area contributed by atoms with Crippen LogP contribution in [0.5, 0.6) is 0 Å². The molecule has 2 aromatic heterocycles. The summed E-state index contributed by atoms with van der Waals surface area (Å²) in [7, 11) is 0. The molecule has 0 radical (unpaired) electrons. The summed E-state index contributed by atoms with van der Waals surface area (Å²) in [6, 6.07) is 10.4. The smallest absolute Gasteiger partial charge is 0.291 e. The molecule has 2 heterocycles. The van der Waals surface area contributed by atoms with Crippen molar-refractivity contribution in [3.63, 3.8) is 0 Å². The SMILES string of the molecule is CC[C@@H](C)NC(=O)CSc1nc2ccsc2c(=O)n1NC(=O)c1ccccc1. The number of carbonyl (C=O) groups excluding carboxylic acids is 2. The molecule has 1 aromatic carbocycles. The van der Waals surface area contributed by atoms with Gasteiger partial charge in [-0.3, -0.25) is 19.8 Å². The Morgan fingerprint density at radius 2 is 2.00 bits per heavy atom. The molecule has 0 aliphatic carbocycles. The molecule has 0 spiro atoms. The molecule has 28 heavy (non-hydrogen) atoms. The number of thiophene rings is 1. The number of aromatic nitrogens is 2. The van der Waals surface area contributed by atoms with Crippen LogP contribution in [0.15, 0.2) is 51.7 Å². The summed E-state index contributed by atoms with van der Waals surface area (Å²) in [5.74, 6) is -0.487. The van der Waals surface area contributed by atoms with Crippen molar-refractivity contribution >= 4 is 45.1 Å². The van der Waals surface area contributed by atoms with E-state index in [4.69, 9.17) is 0 Å². The Morgan fingerprint density at radius 1 is 1.25 bits per heavy atom. The highest BCUT2D eigenvalue weighted by molar-refractivity contribution is 7.99. The van der Waals surface area contributed by atoms with Crippen LogP contribution in [0.25, 0.3) is 10.2 Å². The van der Waals surface area contributed by atoms with Crippen LogP contribution < -0.4 is 16.3 Å². The monoisotopic (exact) mass is 416 g/mol. The standard InChI is InChI=1S/C19H20N4O3S2/c1-3-12(2)20-15(24)11-28-19-21-14-9-10-27-16(14)18(26)23(19)22-17(25)13-7-5-4-6-8-13/h4-10,12H,3,11H2,1-2H3,(H,20,24)(H,22,25)/t12-/m1/s1. The zero-order valence-electron chi connectivity index (χ0n) is 15.5. The van der Waals surface area contributed by atoms with E-state index in [1.165, 1.54) is 11.3 Å². The molecule has 7 nitrogen and oxygen atoms in total. The first-order valence-corrected chi connectivity index (χ1v) is 10.6. The molecule has 0 unspecified atom stereocenters. The van der Waals surface area contributed by atoms with E-state index in [-0.39, 0.29) is 28.4 Å². The van der Waals surface area contributed by atoms with E-state index in [2.05, 4.69) is 15.7 Å². The summed E-state index contributed by atoms with van der Waals surface area (Å²) in [5.41, 5.74) is 3.21. The zero-order chi connectivity index (χ0) is 20.1. The van der Waals surface area contributed by atoms with Gasteiger partial charge in [-0.05, 0) is 36.9 Å². The highest BCUT2D eigenvalue weighted by Gasteiger charge is 2.17. The van der Waals surface area contributed by atoms with Crippen LogP contribution in [0, 0.1) is 0 Å². The van der Waals surface area contributed by atoms with Crippen LogP contribution in [0.2, 0.25) is 0 Å². The third-order valence-corrected chi connectivity index (χ3v) is 5.88. The summed E-state index contributed by atoms with van der Waals surface area (Å²) < 4.78 is 1.57. The van der Waals surface area contributed by atoms with Crippen LogP contribution in [0.4, 0.5) is 0 Å². The van der Waals surface area contributed by atoms with Gasteiger partial charge in [0.15, 0.2) is 5.16 Å². The van der Waals surface area contributed by atoms with Gasteiger partial charge in [0.25, 0.3) is 11.5 Å². The number of amides is 2. The average Bonchev–Trinajstić information content (AvgIpc) is 3.18. The molecule has 0 saturated carbocycles. The number of rotatable bonds is 7. The van der Waals surface area contributed by atoms with Gasteiger partial charge in [0, 0.05) is 11.6 Å². The van der Waals surface area contributed by atoms with E-state index in [1.807, 2.05) is 13.8 Å². The first-order chi connectivity index (χ1) is 13.5. The second-order valence-corrected chi connectivity index (χ2v) is 8.00. The van der Waals surface area contributed by atoms with E-state index in [0.717, 1.165) is 22.9 Å². The molecule has 3 aromatic rings. The fourth-order valence-electron chi connectivity index (χ4n) is 2.39. The van der Waals surface area contributed by atoms with Crippen molar-refractivity contribution in [1.82, 2.24) is 15.0 Å². The molecule has 0 bridgehead atoms.